The van der Waals surface area contributed by atoms with Gasteiger partial charge in [0.2, 0.25) is 0 Å². The lowest BCUT2D eigenvalue weighted by atomic mass is 10.0. The van der Waals surface area contributed by atoms with Crippen LogP contribution in [0, 0.1) is 6.92 Å². The van der Waals surface area contributed by atoms with Crippen molar-refractivity contribution in [3.63, 3.8) is 0 Å². The van der Waals surface area contributed by atoms with Crippen LogP contribution in [-0.2, 0) is 4.79 Å². The fourth-order valence-corrected chi connectivity index (χ4v) is 2.48. The molecule has 1 N–H and O–H groups in total. The molecule has 2 rings (SSSR count). The molecular weight excluding hydrogens is 284 g/mol. The van der Waals surface area contributed by atoms with Crippen molar-refractivity contribution in [2.45, 2.75) is 39.7 Å². The molecule has 5 heteroatoms. The number of hydrogen-bond acceptors (Lipinski definition) is 4. The van der Waals surface area contributed by atoms with E-state index in [9.17, 15) is 4.79 Å². The molecule has 0 bridgehead atoms. The number of anilines is 1. The molecule has 1 aromatic carbocycles. The summed E-state index contributed by atoms with van der Waals surface area (Å²) in [6, 6.07) is 7.84. The Labute approximate surface area is 129 Å². The van der Waals surface area contributed by atoms with Crippen molar-refractivity contribution in [2.24, 2.45) is 0 Å². The number of rotatable bonds is 5. The van der Waals surface area contributed by atoms with Gasteiger partial charge in [-0.2, -0.15) is 0 Å². The van der Waals surface area contributed by atoms with Crippen LogP contribution in [0.2, 0.25) is 0 Å². The number of benzene rings is 1. The number of thiazole rings is 1. The first-order valence-electron chi connectivity index (χ1n) is 6.95. The Morgan fingerprint density at radius 2 is 1.90 bits per heavy atom. The summed E-state index contributed by atoms with van der Waals surface area (Å²) in [5.74, 6) is 0.975. The van der Waals surface area contributed by atoms with Gasteiger partial charge in [0.15, 0.2) is 11.2 Å². The Bertz CT molecular complexity index is 605. The Balaban J connectivity index is 1.93. The first-order chi connectivity index (χ1) is 9.95. The molecule has 0 saturated heterocycles. The molecule has 21 heavy (non-hydrogen) atoms. The molecular formula is C16H20N2O2S. The summed E-state index contributed by atoms with van der Waals surface area (Å²) in [6.07, 6.45) is 1.16. The molecule has 4 nitrogen and oxygen atoms in total. The molecule has 0 fully saturated rings. The molecule has 112 valence electrons. The molecule has 1 aromatic heterocycles. The van der Waals surface area contributed by atoms with E-state index < -0.39 is 6.10 Å². The second-order valence-corrected chi connectivity index (χ2v) is 6.48. The molecule has 1 heterocycles. The van der Waals surface area contributed by atoms with Crippen LogP contribution in [-0.4, -0.2) is 17.0 Å². The quantitative estimate of drug-likeness (QED) is 0.909. The summed E-state index contributed by atoms with van der Waals surface area (Å²) < 4.78 is 5.65. The van der Waals surface area contributed by atoms with Crippen molar-refractivity contribution in [2.75, 3.05) is 5.32 Å². The highest BCUT2D eigenvalue weighted by molar-refractivity contribution is 7.15. The van der Waals surface area contributed by atoms with Crippen molar-refractivity contribution in [1.29, 1.82) is 0 Å². The van der Waals surface area contributed by atoms with Crippen molar-refractivity contribution in [1.82, 2.24) is 4.98 Å². The van der Waals surface area contributed by atoms with E-state index in [1.54, 1.807) is 13.1 Å². The van der Waals surface area contributed by atoms with Gasteiger partial charge in [0.1, 0.15) is 5.75 Å². The Morgan fingerprint density at radius 1 is 1.24 bits per heavy atom. The molecule has 0 aliphatic carbocycles. The number of amides is 1. The molecule has 1 atom stereocenters. The third kappa shape index (κ3) is 4.29. The van der Waals surface area contributed by atoms with Crippen molar-refractivity contribution in [3.8, 4) is 5.75 Å². The zero-order valence-electron chi connectivity index (χ0n) is 12.7. The first-order valence-corrected chi connectivity index (χ1v) is 7.77. The lowest BCUT2D eigenvalue weighted by Gasteiger charge is -2.14. The highest BCUT2D eigenvalue weighted by atomic mass is 32.1. The number of carbonyl (C=O) groups excluding carboxylic acids is 1. The molecule has 0 saturated carbocycles. The zero-order chi connectivity index (χ0) is 15.4. The maximum atomic E-state index is 12.0. The third-order valence-corrected chi connectivity index (χ3v) is 3.91. The third-order valence-electron chi connectivity index (χ3n) is 3.08. The molecule has 0 radical (unpaired) electrons. The molecule has 0 aliphatic heterocycles. The SMILES string of the molecule is Cc1cnc(NC(=O)[C@@H](C)Oc2ccc(C(C)C)cc2)s1. The largest absolute Gasteiger partial charge is 0.481 e. The van der Waals surface area contributed by atoms with Gasteiger partial charge in [-0.3, -0.25) is 10.1 Å². The molecule has 0 spiro atoms. The highest BCUT2D eigenvalue weighted by Gasteiger charge is 2.16. The number of ether oxygens (including phenoxy) is 1. The average molecular weight is 304 g/mol. The minimum Gasteiger partial charge on any atom is -0.481 e. The van der Waals surface area contributed by atoms with E-state index in [1.807, 2.05) is 31.2 Å². The fourth-order valence-electron chi connectivity index (χ4n) is 1.81. The van der Waals surface area contributed by atoms with Crippen LogP contribution in [0.5, 0.6) is 5.75 Å². The number of aromatic nitrogens is 1. The van der Waals surface area contributed by atoms with E-state index in [1.165, 1.54) is 16.9 Å². The van der Waals surface area contributed by atoms with Crippen LogP contribution in [0.4, 0.5) is 5.13 Å². The first kappa shape index (κ1) is 15.5. The van der Waals surface area contributed by atoms with Crippen molar-refractivity contribution < 1.29 is 9.53 Å². The van der Waals surface area contributed by atoms with Gasteiger partial charge in [-0.1, -0.05) is 26.0 Å². The van der Waals surface area contributed by atoms with Crippen LogP contribution < -0.4 is 10.1 Å². The van der Waals surface area contributed by atoms with Gasteiger partial charge in [-0.15, -0.1) is 11.3 Å². The second-order valence-electron chi connectivity index (χ2n) is 5.25. The van der Waals surface area contributed by atoms with E-state index in [4.69, 9.17) is 4.74 Å². The normalized spacial score (nSPS) is 12.2. The molecule has 0 unspecified atom stereocenters. The average Bonchev–Trinajstić information content (AvgIpc) is 2.84. The van der Waals surface area contributed by atoms with Gasteiger partial charge in [0, 0.05) is 11.1 Å². The lowest BCUT2D eigenvalue weighted by Crippen LogP contribution is -2.30. The van der Waals surface area contributed by atoms with Gasteiger partial charge < -0.3 is 4.74 Å². The summed E-state index contributed by atoms with van der Waals surface area (Å²) in [4.78, 5) is 17.2. The summed E-state index contributed by atoms with van der Waals surface area (Å²) in [5.41, 5.74) is 1.25. The minimum absolute atomic E-state index is 0.197. The van der Waals surface area contributed by atoms with Crippen molar-refractivity contribution in [3.05, 3.63) is 40.9 Å². The van der Waals surface area contributed by atoms with E-state index in [0.29, 0.717) is 16.8 Å². The van der Waals surface area contributed by atoms with E-state index in [0.717, 1.165) is 4.88 Å². The number of nitrogens with one attached hydrogen (secondary N) is 1. The Morgan fingerprint density at radius 3 is 2.43 bits per heavy atom. The van der Waals surface area contributed by atoms with Crippen LogP contribution in [0.1, 0.15) is 37.1 Å². The summed E-state index contributed by atoms with van der Waals surface area (Å²) >= 11 is 1.45. The zero-order valence-corrected chi connectivity index (χ0v) is 13.5. The van der Waals surface area contributed by atoms with Gasteiger partial charge in [-0.25, -0.2) is 4.98 Å². The van der Waals surface area contributed by atoms with Crippen LogP contribution in [0.15, 0.2) is 30.5 Å². The van der Waals surface area contributed by atoms with E-state index >= 15 is 0 Å². The maximum absolute atomic E-state index is 12.0. The minimum atomic E-state index is -0.570. The van der Waals surface area contributed by atoms with Gasteiger partial charge in [0.25, 0.3) is 5.91 Å². The van der Waals surface area contributed by atoms with Gasteiger partial charge >= 0.3 is 0 Å². The predicted octanol–water partition coefficient (Wildman–Crippen LogP) is 3.98. The van der Waals surface area contributed by atoms with Gasteiger partial charge in [-0.05, 0) is 37.5 Å². The Kier molecular flexibility index (Phi) is 4.96. The van der Waals surface area contributed by atoms with Crippen LogP contribution in [0.3, 0.4) is 0 Å². The second kappa shape index (κ2) is 6.72. The summed E-state index contributed by atoms with van der Waals surface area (Å²) in [6.45, 7) is 7.96. The van der Waals surface area contributed by atoms with Gasteiger partial charge in [0.05, 0.1) is 0 Å². The molecule has 1 amide bonds. The number of nitrogens with zero attached hydrogens (tertiary/aromatic N) is 1. The monoisotopic (exact) mass is 304 g/mol. The molecule has 0 aliphatic rings. The summed E-state index contributed by atoms with van der Waals surface area (Å²) in [5, 5.41) is 3.36. The fraction of sp³-hybridized carbons (Fsp3) is 0.375. The topological polar surface area (TPSA) is 51.2 Å². The number of carbonyl (C=O) groups is 1. The van der Waals surface area contributed by atoms with E-state index in [-0.39, 0.29) is 5.91 Å². The predicted molar refractivity (Wildman–Crippen MR) is 86.1 cm³/mol. The maximum Gasteiger partial charge on any atom is 0.266 e. The Hall–Kier alpha value is -1.88. The van der Waals surface area contributed by atoms with E-state index in [2.05, 4.69) is 24.1 Å². The smallest absolute Gasteiger partial charge is 0.266 e. The lowest BCUT2D eigenvalue weighted by molar-refractivity contribution is -0.122. The highest BCUT2D eigenvalue weighted by Crippen LogP contribution is 2.20. The van der Waals surface area contributed by atoms with Crippen LogP contribution >= 0.6 is 11.3 Å². The molecule has 2 aromatic rings. The number of aryl methyl sites for hydroxylation is 1. The number of hydrogen-bond donors (Lipinski definition) is 1. The van der Waals surface area contributed by atoms with Crippen LogP contribution in [0.25, 0.3) is 0 Å². The van der Waals surface area contributed by atoms with Crippen molar-refractivity contribution >= 4 is 22.4 Å². The standard InChI is InChI=1S/C16H20N2O2S/c1-10(2)13-5-7-14(8-6-13)20-12(4)15(19)18-16-17-9-11(3)21-16/h5-10,12H,1-4H3,(H,17,18,19)/t12-/m1/s1. The summed E-state index contributed by atoms with van der Waals surface area (Å²) in [7, 11) is 0.